The average Bonchev–Trinajstić information content (AvgIpc) is 2.45. The highest BCUT2D eigenvalue weighted by Crippen LogP contribution is 2.31. The predicted molar refractivity (Wildman–Crippen MR) is 71.1 cm³/mol. The van der Waals surface area contributed by atoms with Crippen molar-refractivity contribution in [3.8, 4) is 11.9 Å². The molecule has 1 heterocycles. The Morgan fingerprint density at radius 3 is 2.80 bits per heavy atom. The van der Waals surface area contributed by atoms with Gasteiger partial charge in [-0.1, -0.05) is 19.3 Å². The van der Waals surface area contributed by atoms with E-state index in [9.17, 15) is 10.1 Å². The summed E-state index contributed by atoms with van der Waals surface area (Å²) < 4.78 is 5.45. The Bertz CT molecular complexity index is 547. The molecule has 0 radical (unpaired) electrons. The van der Waals surface area contributed by atoms with Gasteiger partial charge in [0.05, 0.1) is 10.5 Å². The van der Waals surface area contributed by atoms with Gasteiger partial charge in [0, 0.05) is 6.20 Å². The van der Waals surface area contributed by atoms with Gasteiger partial charge in [-0.15, -0.1) is 0 Å². The number of aromatic nitrogens is 1. The van der Waals surface area contributed by atoms with E-state index in [1.807, 2.05) is 0 Å². The number of rotatable bonds is 4. The van der Waals surface area contributed by atoms with E-state index < -0.39 is 16.1 Å². The Balaban J connectivity index is 2.17. The van der Waals surface area contributed by atoms with Gasteiger partial charge in [-0.3, -0.25) is 10.1 Å². The number of ether oxygens (including phenoxy) is 1. The summed E-state index contributed by atoms with van der Waals surface area (Å²) in [7, 11) is 0. The van der Waals surface area contributed by atoms with Crippen molar-refractivity contribution < 1.29 is 9.66 Å². The van der Waals surface area contributed by atoms with E-state index in [0.29, 0.717) is 0 Å². The lowest BCUT2D eigenvalue weighted by Gasteiger charge is -2.32. The van der Waals surface area contributed by atoms with Gasteiger partial charge in [0.15, 0.2) is 0 Å². The molecule has 20 heavy (non-hydrogen) atoms. The molecule has 1 aromatic heterocycles. The number of nitro groups is 1. The second kappa shape index (κ2) is 5.84. The van der Waals surface area contributed by atoms with E-state index in [4.69, 9.17) is 15.7 Å². The van der Waals surface area contributed by atoms with E-state index in [2.05, 4.69) is 4.98 Å². The van der Waals surface area contributed by atoms with Gasteiger partial charge in [0.1, 0.15) is 18.2 Å². The maximum absolute atomic E-state index is 11.0. The quantitative estimate of drug-likeness (QED) is 0.663. The molecule has 0 aromatic carbocycles. The second-order valence-corrected chi connectivity index (χ2v) is 5.09. The second-order valence-electron chi connectivity index (χ2n) is 5.09. The fourth-order valence-corrected chi connectivity index (χ4v) is 2.42. The van der Waals surface area contributed by atoms with E-state index in [0.717, 1.165) is 32.1 Å². The maximum Gasteiger partial charge on any atom is 0.348 e. The first-order valence-corrected chi connectivity index (χ1v) is 6.51. The van der Waals surface area contributed by atoms with Crippen LogP contribution in [0.1, 0.15) is 37.7 Å². The molecule has 0 amide bonds. The van der Waals surface area contributed by atoms with Crippen LogP contribution in [0.4, 0.5) is 5.69 Å². The lowest BCUT2D eigenvalue weighted by atomic mass is 9.83. The third-order valence-corrected chi connectivity index (χ3v) is 3.54. The van der Waals surface area contributed by atoms with Crippen molar-refractivity contribution in [3.05, 3.63) is 27.9 Å². The van der Waals surface area contributed by atoms with Crippen LogP contribution in [-0.4, -0.2) is 22.1 Å². The summed E-state index contributed by atoms with van der Waals surface area (Å²) in [6, 6.07) is 3.07. The van der Waals surface area contributed by atoms with E-state index in [1.165, 1.54) is 12.3 Å². The fourth-order valence-electron chi connectivity index (χ4n) is 2.42. The van der Waals surface area contributed by atoms with Gasteiger partial charge < -0.3 is 10.5 Å². The lowest BCUT2D eigenvalue weighted by Crippen LogP contribution is -2.47. The normalized spacial score (nSPS) is 17.2. The summed E-state index contributed by atoms with van der Waals surface area (Å²) in [6.45, 7) is 0.176. The molecule has 0 atom stereocenters. The minimum atomic E-state index is -0.648. The summed E-state index contributed by atoms with van der Waals surface area (Å²) in [6.07, 6.45) is 6.21. The van der Waals surface area contributed by atoms with Crippen molar-refractivity contribution in [3.63, 3.8) is 0 Å². The van der Waals surface area contributed by atoms with Crippen LogP contribution >= 0.6 is 0 Å². The molecule has 1 aliphatic carbocycles. The van der Waals surface area contributed by atoms with Crippen LogP contribution in [-0.2, 0) is 0 Å². The minimum absolute atomic E-state index is 0.0604. The van der Waals surface area contributed by atoms with Gasteiger partial charge >= 0.3 is 5.69 Å². The minimum Gasteiger partial charge on any atom is -0.471 e. The van der Waals surface area contributed by atoms with Gasteiger partial charge in [-0.05, 0) is 18.9 Å². The zero-order valence-electron chi connectivity index (χ0n) is 11.0. The van der Waals surface area contributed by atoms with E-state index in [-0.39, 0.29) is 18.1 Å². The predicted octanol–water partition coefficient (Wildman–Crippen LogP) is 1.90. The van der Waals surface area contributed by atoms with Crippen LogP contribution in [0.25, 0.3) is 0 Å². The first-order chi connectivity index (χ1) is 9.56. The first-order valence-electron chi connectivity index (χ1n) is 6.51. The van der Waals surface area contributed by atoms with Crippen molar-refractivity contribution in [1.29, 1.82) is 5.26 Å². The van der Waals surface area contributed by atoms with Crippen molar-refractivity contribution >= 4 is 5.69 Å². The molecule has 0 spiro atoms. The molecule has 1 aliphatic rings. The van der Waals surface area contributed by atoms with Gasteiger partial charge in [-0.25, -0.2) is 4.98 Å². The number of hydrogen-bond donors (Lipinski definition) is 1. The number of hydrogen-bond acceptors (Lipinski definition) is 6. The Kier molecular flexibility index (Phi) is 4.15. The van der Waals surface area contributed by atoms with E-state index in [1.54, 1.807) is 6.07 Å². The van der Waals surface area contributed by atoms with Crippen LogP contribution in [0.2, 0.25) is 0 Å². The molecule has 7 nitrogen and oxygen atoms in total. The molecule has 7 heteroatoms. The molecular formula is C13H16N4O3. The van der Waals surface area contributed by atoms with Crippen molar-refractivity contribution in [2.45, 2.75) is 37.6 Å². The van der Waals surface area contributed by atoms with Gasteiger partial charge in [0.2, 0.25) is 0 Å². The largest absolute Gasteiger partial charge is 0.471 e. The SMILES string of the molecule is N#Cc1ccnc(OCC2(N)CCCCC2)c1[N+](=O)[O-]. The highest BCUT2D eigenvalue weighted by Gasteiger charge is 2.30. The van der Waals surface area contributed by atoms with E-state index >= 15 is 0 Å². The Morgan fingerprint density at radius 1 is 1.50 bits per heavy atom. The zero-order chi connectivity index (χ0) is 14.6. The van der Waals surface area contributed by atoms with Crippen LogP contribution in [0, 0.1) is 21.4 Å². The zero-order valence-corrected chi connectivity index (χ0v) is 11.0. The molecule has 2 rings (SSSR count). The summed E-state index contributed by atoms with van der Waals surface area (Å²) in [4.78, 5) is 14.2. The summed E-state index contributed by atoms with van der Waals surface area (Å²) >= 11 is 0. The number of nitrogens with zero attached hydrogens (tertiary/aromatic N) is 3. The third kappa shape index (κ3) is 3.03. The molecule has 2 N–H and O–H groups in total. The first kappa shape index (κ1) is 14.2. The van der Waals surface area contributed by atoms with Gasteiger partial charge in [0.25, 0.3) is 5.88 Å². The smallest absolute Gasteiger partial charge is 0.348 e. The van der Waals surface area contributed by atoms with Crippen molar-refractivity contribution in [1.82, 2.24) is 4.98 Å². The number of nitriles is 1. The van der Waals surface area contributed by atoms with Crippen LogP contribution in [0.5, 0.6) is 5.88 Å². The summed E-state index contributed by atoms with van der Waals surface area (Å²) in [5, 5.41) is 19.9. The van der Waals surface area contributed by atoms with Crippen LogP contribution in [0.15, 0.2) is 12.3 Å². The van der Waals surface area contributed by atoms with Crippen molar-refractivity contribution in [2.75, 3.05) is 6.61 Å². The van der Waals surface area contributed by atoms with Crippen LogP contribution in [0.3, 0.4) is 0 Å². The Hall–Kier alpha value is -2.20. The number of nitrogens with two attached hydrogens (primary N) is 1. The average molecular weight is 276 g/mol. The molecule has 0 bridgehead atoms. The number of pyridine rings is 1. The topological polar surface area (TPSA) is 115 Å². The molecule has 1 saturated carbocycles. The molecule has 106 valence electrons. The molecule has 1 fully saturated rings. The molecule has 1 aromatic rings. The highest BCUT2D eigenvalue weighted by atomic mass is 16.6. The lowest BCUT2D eigenvalue weighted by molar-refractivity contribution is -0.386. The van der Waals surface area contributed by atoms with Crippen LogP contribution < -0.4 is 10.5 Å². The Labute approximate surface area is 116 Å². The molecule has 0 saturated heterocycles. The summed E-state index contributed by atoms with van der Waals surface area (Å²) in [5.41, 5.74) is 5.30. The maximum atomic E-state index is 11.0. The standard InChI is InChI=1S/C13H16N4O3/c14-8-10-4-7-16-12(11(10)17(18)19)20-9-13(15)5-2-1-3-6-13/h4,7H,1-3,5-6,9,15H2. The molecule has 0 aliphatic heterocycles. The highest BCUT2D eigenvalue weighted by molar-refractivity contribution is 5.54. The van der Waals surface area contributed by atoms with Gasteiger partial charge in [-0.2, -0.15) is 5.26 Å². The van der Waals surface area contributed by atoms with Crippen molar-refractivity contribution in [2.24, 2.45) is 5.73 Å². The Morgan fingerprint density at radius 2 is 2.20 bits per heavy atom. The molecule has 0 unspecified atom stereocenters. The fraction of sp³-hybridized carbons (Fsp3) is 0.538. The summed E-state index contributed by atoms with van der Waals surface area (Å²) in [5.74, 6) is -0.135. The molecular weight excluding hydrogens is 260 g/mol. The third-order valence-electron chi connectivity index (χ3n) is 3.54. The monoisotopic (exact) mass is 276 g/mol.